The van der Waals surface area contributed by atoms with Crippen LogP contribution < -0.4 is 10.1 Å². The lowest BCUT2D eigenvalue weighted by Gasteiger charge is -2.10. The third-order valence-electron chi connectivity index (χ3n) is 3.28. The van der Waals surface area contributed by atoms with E-state index in [0.717, 1.165) is 16.9 Å². The smallest absolute Gasteiger partial charge is 0.303 e. The number of ether oxygens (including phenoxy) is 1. The van der Waals surface area contributed by atoms with Crippen molar-refractivity contribution in [1.29, 1.82) is 0 Å². The Balaban J connectivity index is 2.16. The number of hydrogen-bond donors (Lipinski definition) is 2. The molecule has 0 heterocycles. The number of carboxylic acids is 1. The summed E-state index contributed by atoms with van der Waals surface area (Å²) in [6, 6.07) is 5.85. The first-order chi connectivity index (χ1) is 10.0. The first kappa shape index (κ1) is 17.0. The number of unbranched alkanes of at least 4 members (excludes halogenated alkanes) is 1. The highest BCUT2D eigenvalue weighted by Gasteiger charge is 2.04. The lowest BCUT2D eigenvalue weighted by Crippen LogP contribution is -2.26. The fourth-order valence-corrected chi connectivity index (χ4v) is 1.85. The minimum absolute atomic E-state index is 0.0735. The molecule has 0 radical (unpaired) electrons. The highest BCUT2D eigenvalue weighted by Crippen LogP contribution is 2.20. The molecule has 2 N–H and O–H groups in total. The number of carbonyl (C=O) groups excluding carboxylic acids is 1. The van der Waals surface area contributed by atoms with Gasteiger partial charge < -0.3 is 15.2 Å². The lowest BCUT2D eigenvalue weighted by atomic mass is 10.1. The molecule has 21 heavy (non-hydrogen) atoms. The van der Waals surface area contributed by atoms with Gasteiger partial charge in [0.15, 0.2) is 0 Å². The molecule has 0 saturated carbocycles. The summed E-state index contributed by atoms with van der Waals surface area (Å²) in [5, 5.41) is 11.2. The van der Waals surface area contributed by atoms with Crippen molar-refractivity contribution in [3.8, 4) is 5.75 Å². The standard InChI is InChI=1S/C16H23NO4/c1-12-6-5-7-14(13(12)2)21-11-9-15(18)17-10-4-3-8-16(19)20/h5-7H,3-4,8-11H2,1-2H3,(H,17,18)(H,19,20). The average Bonchev–Trinajstić information content (AvgIpc) is 2.43. The molecule has 1 aromatic carbocycles. The fourth-order valence-electron chi connectivity index (χ4n) is 1.85. The number of carboxylic acid groups (broad SMARTS) is 1. The molecule has 1 aromatic rings. The number of aliphatic carboxylic acids is 1. The van der Waals surface area contributed by atoms with Gasteiger partial charge in [0.2, 0.25) is 5.91 Å². The van der Waals surface area contributed by atoms with E-state index in [0.29, 0.717) is 32.4 Å². The molecular formula is C16H23NO4. The molecule has 0 spiro atoms. The molecule has 0 unspecified atom stereocenters. The van der Waals surface area contributed by atoms with Gasteiger partial charge in [0.05, 0.1) is 13.0 Å². The second kappa shape index (κ2) is 9.00. The van der Waals surface area contributed by atoms with Gasteiger partial charge in [-0.25, -0.2) is 0 Å². The van der Waals surface area contributed by atoms with Crippen molar-refractivity contribution >= 4 is 11.9 Å². The van der Waals surface area contributed by atoms with Crippen LogP contribution in [0.3, 0.4) is 0 Å². The quantitative estimate of drug-likeness (QED) is 0.686. The van der Waals surface area contributed by atoms with Crippen LogP contribution in [0.2, 0.25) is 0 Å². The van der Waals surface area contributed by atoms with Crippen molar-refractivity contribution in [3.05, 3.63) is 29.3 Å². The van der Waals surface area contributed by atoms with Gasteiger partial charge in [-0.1, -0.05) is 12.1 Å². The van der Waals surface area contributed by atoms with Gasteiger partial charge in [-0.15, -0.1) is 0 Å². The Bertz CT molecular complexity index is 485. The van der Waals surface area contributed by atoms with Gasteiger partial charge in [0.1, 0.15) is 5.75 Å². The Kier molecular flexibility index (Phi) is 7.29. The van der Waals surface area contributed by atoms with Crippen LogP contribution >= 0.6 is 0 Å². The summed E-state index contributed by atoms with van der Waals surface area (Å²) in [7, 11) is 0. The van der Waals surface area contributed by atoms with E-state index in [-0.39, 0.29) is 12.3 Å². The van der Waals surface area contributed by atoms with Gasteiger partial charge in [0.25, 0.3) is 0 Å². The predicted octanol–water partition coefficient (Wildman–Crippen LogP) is 2.44. The minimum Gasteiger partial charge on any atom is -0.493 e. The van der Waals surface area contributed by atoms with Crippen molar-refractivity contribution in [2.24, 2.45) is 0 Å². The molecule has 0 fully saturated rings. The highest BCUT2D eigenvalue weighted by molar-refractivity contribution is 5.75. The number of carbonyl (C=O) groups is 2. The van der Waals surface area contributed by atoms with Crippen molar-refractivity contribution in [3.63, 3.8) is 0 Å². The summed E-state index contributed by atoms with van der Waals surface area (Å²) >= 11 is 0. The van der Waals surface area contributed by atoms with Gasteiger partial charge >= 0.3 is 5.97 Å². The monoisotopic (exact) mass is 293 g/mol. The number of rotatable bonds is 9. The van der Waals surface area contributed by atoms with Gasteiger partial charge in [0, 0.05) is 13.0 Å². The van der Waals surface area contributed by atoms with Crippen LogP contribution in [-0.2, 0) is 9.59 Å². The molecule has 1 amide bonds. The fraction of sp³-hybridized carbons (Fsp3) is 0.500. The summed E-state index contributed by atoms with van der Waals surface area (Å²) < 4.78 is 5.61. The Morgan fingerprint density at radius 3 is 2.67 bits per heavy atom. The van der Waals surface area contributed by atoms with Crippen LogP contribution in [0, 0.1) is 13.8 Å². The normalized spacial score (nSPS) is 10.2. The molecule has 0 aliphatic carbocycles. The van der Waals surface area contributed by atoms with E-state index >= 15 is 0 Å². The lowest BCUT2D eigenvalue weighted by molar-refractivity contribution is -0.137. The third-order valence-corrected chi connectivity index (χ3v) is 3.28. The summed E-state index contributed by atoms with van der Waals surface area (Å²) in [6.45, 7) is 4.86. The molecule has 0 bridgehead atoms. The second-order valence-electron chi connectivity index (χ2n) is 5.00. The van der Waals surface area contributed by atoms with Crippen molar-refractivity contribution in [2.45, 2.75) is 39.5 Å². The molecule has 0 atom stereocenters. The minimum atomic E-state index is -0.803. The summed E-state index contributed by atoms with van der Waals surface area (Å²) in [5.41, 5.74) is 2.25. The zero-order valence-electron chi connectivity index (χ0n) is 12.6. The van der Waals surface area contributed by atoms with E-state index in [9.17, 15) is 9.59 Å². The number of nitrogens with one attached hydrogen (secondary N) is 1. The largest absolute Gasteiger partial charge is 0.493 e. The first-order valence-electron chi connectivity index (χ1n) is 7.18. The summed E-state index contributed by atoms with van der Waals surface area (Å²) in [4.78, 5) is 21.9. The Labute approximate surface area is 125 Å². The zero-order chi connectivity index (χ0) is 15.7. The van der Waals surface area contributed by atoms with Crippen molar-refractivity contribution < 1.29 is 19.4 Å². The van der Waals surface area contributed by atoms with E-state index in [1.54, 1.807) is 0 Å². The Hall–Kier alpha value is -2.04. The van der Waals surface area contributed by atoms with Crippen molar-refractivity contribution in [2.75, 3.05) is 13.2 Å². The topological polar surface area (TPSA) is 75.6 Å². The maximum Gasteiger partial charge on any atom is 0.303 e. The third kappa shape index (κ3) is 6.79. The number of benzene rings is 1. The molecular weight excluding hydrogens is 270 g/mol. The van der Waals surface area contributed by atoms with Crippen LogP contribution in [0.1, 0.15) is 36.8 Å². The van der Waals surface area contributed by atoms with E-state index in [1.165, 1.54) is 0 Å². The summed E-state index contributed by atoms with van der Waals surface area (Å²) in [6.07, 6.45) is 1.70. The maximum absolute atomic E-state index is 11.6. The van der Waals surface area contributed by atoms with Crippen LogP contribution in [-0.4, -0.2) is 30.1 Å². The van der Waals surface area contributed by atoms with Gasteiger partial charge in [-0.2, -0.15) is 0 Å². The predicted molar refractivity (Wildman–Crippen MR) is 80.5 cm³/mol. The highest BCUT2D eigenvalue weighted by atomic mass is 16.5. The molecule has 0 saturated heterocycles. The molecule has 1 rings (SSSR count). The van der Waals surface area contributed by atoms with Crippen LogP contribution in [0.5, 0.6) is 5.75 Å². The number of hydrogen-bond acceptors (Lipinski definition) is 3. The Morgan fingerprint density at radius 2 is 1.95 bits per heavy atom. The first-order valence-corrected chi connectivity index (χ1v) is 7.18. The van der Waals surface area contributed by atoms with Crippen molar-refractivity contribution in [1.82, 2.24) is 5.32 Å². The van der Waals surface area contributed by atoms with E-state index in [2.05, 4.69) is 5.32 Å². The molecule has 0 aliphatic rings. The van der Waals surface area contributed by atoms with E-state index in [4.69, 9.17) is 9.84 Å². The molecule has 0 aromatic heterocycles. The van der Waals surface area contributed by atoms with Gasteiger partial charge in [-0.05, 0) is 43.9 Å². The summed E-state index contributed by atoms with van der Waals surface area (Å²) in [5.74, 6) is -0.0665. The molecule has 116 valence electrons. The Morgan fingerprint density at radius 1 is 1.19 bits per heavy atom. The van der Waals surface area contributed by atoms with Crippen LogP contribution in [0.15, 0.2) is 18.2 Å². The SMILES string of the molecule is Cc1cccc(OCCC(=O)NCCCCC(=O)O)c1C. The average molecular weight is 293 g/mol. The maximum atomic E-state index is 11.6. The number of amides is 1. The van der Waals surface area contributed by atoms with Crippen LogP contribution in [0.4, 0.5) is 0 Å². The number of aryl methyl sites for hydroxylation is 1. The van der Waals surface area contributed by atoms with Gasteiger partial charge in [-0.3, -0.25) is 9.59 Å². The molecule has 5 nitrogen and oxygen atoms in total. The van der Waals surface area contributed by atoms with E-state index < -0.39 is 5.97 Å². The second-order valence-corrected chi connectivity index (χ2v) is 5.00. The van der Waals surface area contributed by atoms with Crippen LogP contribution in [0.25, 0.3) is 0 Å². The molecule has 5 heteroatoms. The molecule has 0 aliphatic heterocycles. The van der Waals surface area contributed by atoms with E-state index in [1.807, 2.05) is 32.0 Å². The zero-order valence-corrected chi connectivity index (χ0v) is 12.6.